The zero-order valence-electron chi connectivity index (χ0n) is 13.3. The van der Waals surface area contributed by atoms with E-state index in [2.05, 4.69) is 24.9 Å². The fourth-order valence-electron chi connectivity index (χ4n) is 2.86. The third-order valence-electron chi connectivity index (χ3n) is 4.24. The molecule has 1 heterocycles. The Morgan fingerprint density at radius 1 is 1.33 bits per heavy atom. The molecule has 0 saturated carbocycles. The van der Waals surface area contributed by atoms with Crippen LogP contribution >= 0.6 is 0 Å². The number of benzene rings is 1. The van der Waals surface area contributed by atoms with Gasteiger partial charge in [0.15, 0.2) is 0 Å². The molecule has 1 saturated heterocycles. The number of hydrogen-bond donors (Lipinski definition) is 0. The Hall–Kier alpha value is -1.55. The number of carbonyl (C=O) groups is 1. The second kappa shape index (κ2) is 7.46. The van der Waals surface area contributed by atoms with E-state index in [1.165, 1.54) is 0 Å². The molecular weight excluding hydrogens is 264 g/mol. The predicted molar refractivity (Wildman–Crippen MR) is 84.5 cm³/mol. The molecule has 4 heteroatoms. The van der Waals surface area contributed by atoms with Crippen LogP contribution in [-0.4, -0.2) is 49.5 Å². The fourth-order valence-corrected chi connectivity index (χ4v) is 2.86. The Labute approximate surface area is 127 Å². The molecule has 1 aliphatic rings. The minimum absolute atomic E-state index is 0.209. The van der Waals surface area contributed by atoms with Crippen LogP contribution < -0.4 is 4.74 Å². The molecule has 2 rings (SSSR count). The van der Waals surface area contributed by atoms with Gasteiger partial charge >= 0.3 is 0 Å². The Morgan fingerprint density at radius 3 is 2.81 bits per heavy atom. The van der Waals surface area contributed by atoms with Gasteiger partial charge in [0.1, 0.15) is 5.75 Å². The summed E-state index contributed by atoms with van der Waals surface area (Å²) in [4.78, 5) is 16.6. The molecule has 1 unspecified atom stereocenters. The number of piperazine rings is 1. The van der Waals surface area contributed by atoms with Gasteiger partial charge in [0, 0.05) is 31.6 Å². The molecule has 0 aromatic heterocycles. The number of unbranched alkanes of at least 4 members (excludes halogenated alkanes) is 1. The number of ether oxygens (including phenoxy) is 1. The Balaban J connectivity index is 2.12. The number of rotatable bonds is 5. The van der Waals surface area contributed by atoms with Crippen LogP contribution in [0.2, 0.25) is 0 Å². The summed E-state index contributed by atoms with van der Waals surface area (Å²) in [5, 5.41) is 0. The van der Waals surface area contributed by atoms with E-state index in [1.54, 1.807) is 7.11 Å². The van der Waals surface area contributed by atoms with Crippen molar-refractivity contribution in [2.24, 2.45) is 0 Å². The first-order valence-electron chi connectivity index (χ1n) is 7.78. The zero-order chi connectivity index (χ0) is 15.2. The first-order chi connectivity index (χ1) is 10.2. The maximum Gasteiger partial charge on any atom is 0.222 e. The lowest BCUT2D eigenvalue weighted by Gasteiger charge is -2.40. The summed E-state index contributed by atoms with van der Waals surface area (Å²) in [7, 11) is 3.82. The maximum absolute atomic E-state index is 12.3. The van der Waals surface area contributed by atoms with Crippen LogP contribution in [0.5, 0.6) is 5.75 Å². The highest BCUT2D eigenvalue weighted by atomic mass is 16.5. The molecule has 116 valence electrons. The second-order valence-electron chi connectivity index (χ2n) is 5.68. The van der Waals surface area contributed by atoms with E-state index >= 15 is 0 Å². The molecule has 1 atom stereocenters. The van der Waals surface area contributed by atoms with Crippen molar-refractivity contribution in [3.05, 3.63) is 29.8 Å². The highest BCUT2D eigenvalue weighted by Crippen LogP contribution is 2.31. The van der Waals surface area contributed by atoms with E-state index < -0.39 is 0 Å². The van der Waals surface area contributed by atoms with E-state index in [1.807, 2.05) is 23.1 Å². The van der Waals surface area contributed by atoms with E-state index in [-0.39, 0.29) is 11.9 Å². The van der Waals surface area contributed by atoms with Gasteiger partial charge in [0.05, 0.1) is 13.2 Å². The Bertz CT molecular complexity index is 476. The van der Waals surface area contributed by atoms with Crippen LogP contribution in [0.25, 0.3) is 0 Å². The molecule has 0 N–H and O–H groups in total. The third-order valence-corrected chi connectivity index (χ3v) is 4.24. The van der Waals surface area contributed by atoms with Crippen LogP contribution in [0.1, 0.15) is 37.8 Å². The Kier molecular flexibility index (Phi) is 5.62. The average Bonchev–Trinajstić information content (AvgIpc) is 2.53. The molecule has 0 radical (unpaired) electrons. The summed E-state index contributed by atoms with van der Waals surface area (Å²) < 4.78 is 5.48. The van der Waals surface area contributed by atoms with Crippen molar-refractivity contribution in [2.45, 2.75) is 32.2 Å². The van der Waals surface area contributed by atoms with Gasteiger partial charge < -0.3 is 9.64 Å². The lowest BCUT2D eigenvalue weighted by molar-refractivity contribution is -0.134. The summed E-state index contributed by atoms with van der Waals surface area (Å²) in [6.45, 7) is 4.60. The topological polar surface area (TPSA) is 32.8 Å². The van der Waals surface area contributed by atoms with Gasteiger partial charge in [-0.25, -0.2) is 0 Å². The minimum Gasteiger partial charge on any atom is -0.496 e. The van der Waals surface area contributed by atoms with E-state index in [9.17, 15) is 4.79 Å². The van der Waals surface area contributed by atoms with Gasteiger partial charge in [-0.15, -0.1) is 0 Å². The van der Waals surface area contributed by atoms with Gasteiger partial charge in [-0.3, -0.25) is 9.69 Å². The first kappa shape index (κ1) is 15.8. The van der Waals surface area contributed by atoms with E-state index in [0.717, 1.165) is 43.8 Å². The molecule has 21 heavy (non-hydrogen) atoms. The zero-order valence-corrected chi connectivity index (χ0v) is 13.3. The van der Waals surface area contributed by atoms with Crippen LogP contribution in [0, 0.1) is 0 Å². The van der Waals surface area contributed by atoms with Crippen molar-refractivity contribution in [3.8, 4) is 5.75 Å². The largest absolute Gasteiger partial charge is 0.496 e. The summed E-state index contributed by atoms with van der Waals surface area (Å²) in [6, 6.07) is 8.31. The molecule has 4 nitrogen and oxygen atoms in total. The van der Waals surface area contributed by atoms with Crippen molar-refractivity contribution in [2.75, 3.05) is 33.8 Å². The molecule has 1 amide bonds. The van der Waals surface area contributed by atoms with Crippen LogP contribution in [0.3, 0.4) is 0 Å². The summed E-state index contributed by atoms with van der Waals surface area (Å²) in [5.74, 6) is 1.18. The van der Waals surface area contributed by atoms with Crippen LogP contribution in [0.15, 0.2) is 24.3 Å². The second-order valence-corrected chi connectivity index (χ2v) is 5.68. The smallest absolute Gasteiger partial charge is 0.222 e. The molecule has 1 fully saturated rings. The van der Waals surface area contributed by atoms with Crippen LogP contribution in [-0.2, 0) is 4.79 Å². The quantitative estimate of drug-likeness (QED) is 0.836. The number of hydrogen-bond acceptors (Lipinski definition) is 3. The number of para-hydroxylation sites is 1. The number of likely N-dealkylation sites (N-methyl/N-ethyl adjacent to an activating group) is 1. The average molecular weight is 290 g/mol. The van der Waals surface area contributed by atoms with Gasteiger partial charge in [-0.1, -0.05) is 31.5 Å². The SMILES string of the molecule is CCCCC(=O)N1CCN(C)C(c2ccccc2OC)C1. The van der Waals surface area contributed by atoms with Crippen molar-refractivity contribution in [1.82, 2.24) is 9.80 Å². The monoisotopic (exact) mass is 290 g/mol. The van der Waals surface area contributed by atoms with Crippen molar-refractivity contribution < 1.29 is 9.53 Å². The lowest BCUT2D eigenvalue weighted by Crippen LogP contribution is -2.49. The van der Waals surface area contributed by atoms with Gasteiger partial charge in [-0.2, -0.15) is 0 Å². The summed E-state index contributed by atoms with van der Waals surface area (Å²) >= 11 is 0. The fraction of sp³-hybridized carbons (Fsp3) is 0.588. The van der Waals surface area contributed by atoms with Crippen molar-refractivity contribution in [3.63, 3.8) is 0 Å². The highest BCUT2D eigenvalue weighted by Gasteiger charge is 2.29. The standard InChI is InChI=1S/C17H26N2O2/c1-4-5-10-17(20)19-12-11-18(2)15(13-19)14-8-6-7-9-16(14)21-3/h6-9,15H,4-5,10-13H2,1-3H3. The van der Waals surface area contributed by atoms with E-state index in [4.69, 9.17) is 4.74 Å². The normalized spacial score (nSPS) is 19.6. The third kappa shape index (κ3) is 3.76. The number of methoxy groups -OCH3 is 1. The molecule has 0 bridgehead atoms. The van der Waals surface area contributed by atoms with Crippen molar-refractivity contribution >= 4 is 5.91 Å². The van der Waals surface area contributed by atoms with Gasteiger partial charge in [-0.05, 0) is 19.5 Å². The predicted octanol–water partition coefficient (Wildman–Crippen LogP) is 2.70. The highest BCUT2D eigenvalue weighted by molar-refractivity contribution is 5.76. The van der Waals surface area contributed by atoms with Gasteiger partial charge in [0.2, 0.25) is 5.91 Å². The number of nitrogens with zero attached hydrogens (tertiary/aromatic N) is 2. The maximum atomic E-state index is 12.3. The number of amides is 1. The first-order valence-corrected chi connectivity index (χ1v) is 7.78. The molecule has 1 aromatic carbocycles. The molecule has 0 spiro atoms. The molecule has 1 aliphatic heterocycles. The Morgan fingerprint density at radius 2 is 2.10 bits per heavy atom. The minimum atomic E-state index is 0.209. The van der Waals surface area contributed by atoms with E-state index in [0.29, 0.717) is 6.42 Å². The molecule has 1 aromatic rings. The number of carbonyl (C=O) groups excluding carboxylic acids is 1. The summed E-state index contributed by atoms with van der Waals surface area (Å²) in [5.41, 5.74) is 1.16. The van der Waals surface area contributed by atoms with Crippen LogP contribution in [0.4, 0.5) is 0 Å². The van der Waals surface area contributed by atoms with Gasteiger partial charge in [0.25, 0.3) is 0 Å². The molecular formula is C17H26N2O2. The lowest BCUT2D eigenvalue weighted by atomic mass is 10.0. The molecule has 0 aliphatic carbocycles. The summed E-state index contributed by atoms with van der Waals surface area (Å²) in [6.07, 6.45) is 2.71. The van der Waals surface area contributed by atoms with Crippen molar-refractivity contribution in [1.29, 1.82) is 0 Å².